The Bertz CT molecular complexity index is 1260. The van der Waals surface area contributed by atoms with Gasteiger partial charge in [0, 0.05) is 11.6 Å². The lowest BCUT2D eigenvalue weighted by molar-refractivity contribution is 0.0697. The van der Waals surface area contributed by atoms with E-state index in [9.17, 15) is 15.0 Å². The number of aliphatic hydroxyl groups excluding tert-OH is 1. The van der Waals surface area contributed by atoms with E-state index in [1.807, 2.05) is 60.7 Å². The molecule has 0 amide bonds. The van der Waals surface area contributed by atoms with Crippen LogP contribution in [0.3, 0.4) is 0 Å². The highest BCUT2D eigenvalue weighted by molar-refractivity contribution is 5.93. The van der Waals surface area contributed by atoms with Gasteiger partial charge in [0.1, 0.15) is 18.2 Å². The van der Waals surface area contributed by atoms with Crippen LogP contribution in [0.2, 0.25) is 0 Å². The van der Waals surface area contributed by atoms with Gasteiger partial charge in [-0.2, -0.15) is 0 Å². The second-order valence-electron chi connectivity index (χ2n) is 8.58. The summed E-state index contributed by atoms with van der Waals surface area (Å²) in [6.45, 7) is 0.501. The monoisotopic (exact) mass is 442 g/mol. The minimum Gasteiger partial charge on any atom is -0.489 e. The fraction of sp³-hybridized carbons (Fsp3) is 0.259. The summed E-state index contributed by atoms with van der Waals surface area (Å²) in [6, 6.07) is 23.2. The third-order valence-corrected chi connectivity index (χ3v) is 6.33. The van der Waals surface area contributed by atoms with Gasteiger partial charge in [0.2, 0.25) is 0 Å². The molecule has 0 unspecified atom stereocenters. The van der Waals surface area contributed by atoms with Crippen LogP contribution in [0.15, 0.2) is 72.8 Å². The molecule has 3 aromatic carbocycles. The second kappa shape index (κ2) is 9.08. The number of aliphatic hydroxyl groups is 1. The van der Waals surface area contributed by atoms with Crippen LogP contribution < -0.4 is 4.74 Å². The summed E-state index contributed by atoms with van der Waals surface area (Å²) in [5.74, 6) is 0.622. The normalized spacial score (nSPS) is 18.3. The Morgan fingerprint density at radius 2 is 1.70 bits per heavy atom. The van der Waals surface area contributed by atoms with Crippen molar-refractivity contribution in [2.75, 3.05) is 0 Å². The zero-order chi connectivity index (χ0) is 22.8. The Labute approximate surface area is 192 Å². The van der Waals surface area contributed by atoms with Crippen molar-refractivity contribution in [2.24, 2.45) is 0 Å². The zero-order valence-electron chi connectivity index (χ0n) is 18.2. The quantitative estimate of drug-likeness (QED) is 0.414. The van der Waals surface area contributed by atoms with Crippen molar-refractivity contribution in [1.82, 2.24) is 9.55 Å². The van der Waals surface area contributed by atoms with Gasteiger partial charge in [-0.25, -0.2) is 9.78 Å². The van der Waals surface area contributed by atoms with Crippen LogP contribution in [0, 0.1) is 0 Å². The number of carboxylic acid groups (broad SMARTS) is 1. The van der Waals surface area contributed by atoms with E-state index >= 15 is 0 Å². The molecule has 0 bridgehead atoms. The molecule has 2 N–H and O–H groups in total. The molecule has 168 valence electrons. The fourth-order valence-corrected chi connectivity index (χ4v) is 4.56. The Balaban J connectivity index is 1.48. The maximum atomic E-state index is 11.5. The van der Waals surface area contributed by atoms with Crippen LogP contribution in [-0.4, -0.2) is 31.8 Å². The smallest absolute Gasteiger partial charge is 0.335 e. The van der Waals surface area contributed by atoms with Crippen LogP contribution in [0.5, 0.6) is 5.75 Å². The highest BCUT2D eigenvalue weighted by Gasteiger charge is 2.25. The summed E-state index contributed by atoms with van der Waals surface area (Å²) in [7, 11) is 0. The van der Waals surface area contributed by atoms with Crippen molar-refractivity contribution in [3.8, 4) is 17.1 Å². The topological polar surface area (TPSA) is 84.6 Å². The first-order chi connectivity index (χ1) is 16.1. The molecule has 1 aromatic heterocycles. The van der Waals surface area contributed by atoms with Crippen molar-refractivity contribution >= 4 is 17.0 Å². The van der Waals surface area contributed by atoms with Crippen molar-refractivity contribution < 1.29 is 19.7 Å². The molecule has 6 heteroatoms. The van der Waals surface area contributed by atoms with Gasteiger partial charge in [-0.15, -0.1) is 0 Å². The largest absolute Gasteiger partial charge is 0.489 e. The number of hydrogen-bond donors (Lipinski definition) is 2. The SMILES string of the molecule is O=C(O)c1ccc2c(c1)nc(-c1ccc(OCc3ccccc3)cc1)n2C1CCC(O)CC1. The van der Waals surface area contributed by atoms with E-state index in [4.69, 9.17) is 9.72 Å². The molecule has 0 atom stereocenters. The van der Waals surface area contributed by atoms with Gasteiger partial charge in [0.15, 0.2) is 0 Å². The van der Waals surface area contributed by atoms with E-state index < -0.39 is 5.97 Å². The first-order valence-corrected chi connectivity index (χ1v) is 11.3. The number of carbonyl (C=O) groups is 1. The van der Waals surface area contributed by atoms with Crippen molar-refractivity contribution in [1.29, 1.82) is 0 Å². The predicted octanol–water partition coefficient (Wildman–Crippen LogP) is 5.46. The molecule has 0 spiro atoms. The number of imidazole rings is 1. The summed E-state index contributed by atoms with van der Waals surface area (Å²) < 4.78 is 8.14. The molecular weight excluding hydrogens is 416 g/mol. The number of nitrogens with zero attached hydrogens (tertiary/aromatic N) is 2. The molecule has 1 fully saturated rings. The zero-order valence-corrected chi connectivity index (χ0v) is 18.2. The number of carboxylic acids is 1. The van der Waals surface area contributed by atoms with Crippen molar-refractivity contribution in [3.63, 3.8) is 0 Å². The van der Waals surface area contributed by atoms with Gasteiger partial charge in [0.25, 0.3) is 0 Å². The lowest BCUT2D eigenvalue weighted by Crippen LogP contribution is -2.21. The maximum Gasteiger partial charge on any atom is 0.335 e. The molecule has 4 aromatic rings. The van der Waals surface area contributed by atoms with E-state index in [2.05, 4.69) is 4.57 Å². The second-order valence-corrected chi connectivity index (χ2v) is 8.58. The van der Waals surface area contributed by atoms with Gasteiger partial charge >= 0.3 is 5.97 Å². The first-order valence-electron chi connectivity index (χ1n) is 11.3. The van der Waals surface area contributed by atoms with Crippen LogP contribution in [0.4, 0.5) is 0 Å². The molecule has 1 heterocycles. The van der Waals surface area contributed by atoms with E-state index in [1.165, 1.54) is 0 Å². The number of aromatic nitrogens is 2. The van der Waals surface area contributed by atoms with Crippen LogP contribution in [-0.2, 0) is 6.61 Å². The van der Waals surface area contributed by atoms with Crippen LogP contribution in [0.1, 0.15) is 47.6 Å². The predicted molar refractivity (Wildman–Crippen MR) is 126 cm³/mol. The van der Waals surface area contributed by atoms with Gasteiger partial charge in [0.05, 0.1) is 22.7 Å². The van der Waals surface area contributed by atoms with Crippen LogP contribution in [0.25, 0.3) is 22.4 Å². The molecule has 5 rings (SSSR count). The molecule has 1 aliphatic carbocycles. The Hall–Kier alpha value is -3.64. The number of fused-ring (bicyclic) bond motifs is 1. The number of hydrogen-bond acceptors (Lipinski definition) is 4. The standard InChI is InChI=1S/C27H26N2O4/c30-22-11-9-21(10-12-22)29-25-15-8-20(27(31)32)16-24(25)28-26(29)19-6-13-23(14-7-19)33-17-18-4-2-1-3-5-18/h1-8,13-16,21-22,30H,9-12,17H2,(H,31,32). The van der Waals surface area contributed by atoms with Gasteiger partial charge in [-0.05, 0) is 73.7 Å². The Morgan fingerprint density at radius 1 is 0.970 bits per heavy atom. The van der Waals surface area contributed by atoms with Gasteiger partial charge < -0.3 is 19.5 Å². The molecule has 1 saturated carbocycles. The number of aromatic carboxylic acids is 1. The summed E-state index contributed by atoms with van der Waals surface area (Å²) in [5.41, 5.74) is 3.86. The number of rotatable bonds is 6. The Morgan fingerprint density at radius 3 is 2.39 bits per heavy atom. The molecule has 0 saturated heterocycles. The molecule has 1 aliphatic rings. The van der Waals surface area contributed by atoms with Crippen LogP contribution >= 0.6 is 0 Å². The molecule has 0 radical (unpaired) electrons. The van der Waals surface area contributed by atoms with Crippen molar-refractivity contribution in [3.05, 3.63) is 83.9 Å². The summed E-state index contributed by atoms with van der Waals surface area (Å²) in [6.07, 6.45) is 2.98. The van der Waals surface area contributed by atoms with Gasteiger partial charge in [-0.1, -0.05) is 30.3 Å². The minimum atomic E-state index is -0.964. The minimum absolute atomic E-state index is 0.207. The first kappa shape index (κ1) is 21.2. The molecule has 0 aliphatic heterocycles. The van der Waals surface area contributed by atoms with Gasteiger partial charge in [-0.3, -0.25) is 0 Å². The third kappa shape index (κ3) is 4.47. The maximum absolute atomic E-state index is 11.5. The Kier molecular flexibility index (Phi) is 5.84. The summed E-state index contributed by atoms with van der Waals surface area (Å²) >= 11 is 0. The molecular formula is C27H26N2O4. The average molecular weight is 443 g/mol. The lowest BCUT2D eigenvalue weighted by atomic mass is 9.92. The summed E-state index contributed by atoms with van der Waals surface area (Å²) in [5, 5.41) is 19.4. The third-order valence-electron chi connectivity index (χ3n) is 6.33. The van der Waals surface area contributed by atoms with E-state index in [0.717, 1.165) is 53.9 Å². The van der Waals surface area contributed by atoms with Crippen molar-refractivity contribution in [2.45, 2.75) is 44.4 Å². The number of ether oxygens (including phenoxy) is 1. The van der Waals surface area contributed by atoms with E-state index in [-0.39, 0.29) is 17.7 Å². The average Bonchev–Trinajstić information content (AvgIpc) is 3.23. The highest BCUT2D eigenvalue weighted by Crippen LogP contribution is 2.36. The highest BCUT2D eigenvalue weighted by atomic mass is 16.5. The lowest BCUT2D eigenvalue weighted by Gasteiger charge is -2.28. The van der Waals surface area contributed by atoms with E-state index in [0.29, 0.717) is 12.1 Å². The summed E-state index contributed by atoms with van der Waals surface area (Å²) in [4.78, 5) is 16.3. The molecule has 33 heavy (non-hydrogen) atoms. The fourth-order valence-electron chi connectivity index (χ4n) is 4.56. The van der Waals surface area contributed by atoms with E-state index in [1.54, 1.807) is 12.1 Å². The molecule has 6 nitrogen and oxygen atoms in total. The number of benzene rings is 3.